The monoisotopic (exact) mass is 251 g/mol. The Balaban J connectivity index is 1.94. The standard InChI is InChI=1S/C14H25N3O/c1-3-15-11-14(7-4-10-18-12-14)8-5-13-6-9-16-17(13)2/h6,9,15H,3-5,7-8,10-12H2,1-2H3. The number of hydrogen-bond donors (Lipinski definition) is 1. The molecule has 0 aliphatic carbocycles. The van der Waals surface area contributed by atoms with Gasteiger partial charge in [0.1, 0.15) is 0 Å². The van der Waals surface area contributed by atoms with E-state index >= 15 is 0 Å². The van der Waals surface area contributed by atoms with E-state index in [4.69, 9.17) is 4.74 Å². The summed E-state index contributed by atoms with van der Waals surface area (Å²) >= 11 is 0. The van der Waals surface area contributed by atoms with Crippen LogP contribution in [0.1, 0.15) is 31.9 Å². The van der Waals surface area contributed by atoms with Gasteiger partial charge >= 0.3 is 0 Å². The Morgan fingerprint density at radius 3 is 3.06 bits per heavy atom. The summed E-state index contributed by atoms with van der Waals surface area (Å²) in [6.45, 7) is 6.10. The molecule has 4 nitrogen and oxygen atoms in total. The second-order valence-electron chi connectivity index (χ2n) is 5.38. The first kappa shape index (κ1) is 13.6. The van der Waals surface area contributed by atoms with Crippen molar-refractivity contribution in [2.45, 2.75) is 32.6 Å². The van der Waals surface area contributed by atoms with Crippen LogP contribution in [0.3, 0.4) is 0 Å². The molecule has 102 valence electrons. The molecule has 4 heteroatoms. The van der Waals surface area contributed by atoms with Gasteiger partial charge in [-0.2, -0.15) is 5.10 Å². The van der Waals surface area contributed by atoms with Crippen molar-refractivity contribution in [2.24, 2.45) is 12.5 Å². The summed E-state index contributed by atoms with van der Waals surface area (Å²) in [5.74, 6) is 0. The minimum absolute atomic E-state index is 0.318. The summed E-state index contributed by atoms with van der Waals surface area (Å²) in [6, 6.07) is 2.12. The fourth-order valence-corrected chi connectivity index (χ4v) is 2.76. The first-order chi connectivity index (χ1) is 8.76. The minimum atomic E-state index is 0.318. The quantitative estimate of drug-likeness (QED) is 0.837. The molecule has 0 radical (unpaired) electrons. The molecule has 0 saturated carbocycles. The van der Waals surface area contributed by atoms with E-state index in [0.29, 0.717) is 5.41 Å². The number of aromatic nitrogens is 2. The van der Waals surface area contributed by atoms with Crippen LogP contribution in [0.25, 0.3) is 0 Å². The maximum Gasteiger partial charge on any atom is 0.0534 e. The fourth-order valence-electron chi connectivity index (χ4n) is 2.76. The van der Waals surface area contributed by atoms with E-state index in [2.05, 4.69) is 23.4 Å². The van der Waals surface area contributed by atoms with Crippen LogP contribution >= 0.6 is 0 Å². The molecule has 1 aromatic rings. The third kappa shape index (κ3) is 3.33. The van der Waals surface area contributed by atoms with Gasteiger partial charge < -0.3 is 10.1 Å². The average Bonchev–Trinajstić information content (AvgIpc) is 2.81. The molecular weight excluding hydrogens is 226 g/mol. The maximum absolute atomic E-state index is 5.72. The van der Waals surface area contributed by atoms with E-state index < -0.39 is 0 Å². The molecule has 2 rings (SSSR count). The Morgan fingerprint density at radius 1 is 1.56 bits per heavy atom. The van der Waals surface area contributed by atoms with Gasteiger partial charge in [0, 0.05) is 37.5 Å². The van der Waals surface area contributed by atoms with Crippen LogP contribution in [0.5, 0.6) is 0 Å². The molecule has 1 atom stereocenters. The molecule has 1 aliphatic rings. The third-order valence-corrected chi connectivity index (χ3v) is 3.99. The van der Waals surface area contributed by atoms with Crippen LogP contribution in [0.4, 0.5) is 0 Å². The van der Waals surface area contributed by atoms with E-state index in [-0.39, 0.29) is 0 Å². The lowest BCUT2D eigenvalue weighted by Gasteiger charge is -2.37. The van der Waals surface area contributed by atoms with Crippen molar-refractivity contribution in [1.82, 2.24) is 15.1 Å². The number of ether oxygens (including phenoxy) is 1. The smallest absolute Gasteiger partial charge is 0.0534 e. The van der Waals surface area contributed by atoms with Gasteiger partial charge in [0.2, 0.25) is 0 Å². The Bertz CT molecular complexity index is 356. The minimum Gasteiger partial charge on any atom is -0.381 e. The van der Waals surface area contributed by atoms with E-state index in [9.17, 15) is 0 Å². The fraction of sp³-hybridized carbons (Fsp3) is 0.786. The van der Waals surface area contributed by atoms with Crippen molar-refractivity contribution in [2.75, 3.05) is 26.3 Å². The lowest BCUT2D eigenvalue weighted by Crippen LogP contribution is -2.41. The van der Waals surface area contributed by atoms with Gasteiger partial charge in [-0.05, 0) is 38.3 Å². The topological polar surface area (TPSA) is 39.1 Å². The molecule has 1 N–H and O–H groups in total. The highest BCUT2D eigenvalue weighted by molar-refractivity contribution is 5.01. The first-order valence-corrected chi connectivity index (χ1v) is 7.01. The second-order valence-corrected chi connectivity index (χ2v) is 5.38. The molecule has 1 aromatic heterocycles. The zero-order chi connectivity index (χ0) is 12.8. The van der Waals surface area contributed by atoms with Gasteiger partial charge in [-0.3, -0.25) is 4.68 Å². The van der Waals surface area contributed by atoms with Crippen LogP contribution < -0.4 is 5.32 Å². The molecular formula is C14H25N3O. The third-order valence-electron chi connectivity index (χ3n) is 3.99. The predicted octanol–water partition coefficient (Wildman–Crippen LogP) is 1.76. The number of rotatable bonds is 6. The Hall–Kier alpha value is -0.870. The predicted molar refractivity (Wildman–Crippen MR) is 72.6 cm³/mol. The van der Waals surface area contributed by atoms with Crippen molar-refractivity contribution in [3.8, 4) is 0 Å². The van der Waals surface area contributed by atoms with Crippen LogP contribution in [0.15, 0.2) is 12.3 Å². The molecule has 1 saturated heterocycles. The van der Waals surface area contributed by atoms with Crippen molar-refractivity contribution in [1.29, 1.82) is 0 Å². The number of hydrogen-bond acceptors (Lipinski definition) is 3. The van der Waals surface area contributed by atoms with Crippen molar-refractivity contribution in [3.05, 3.63) is 18.0 Å². The summed E-state index contributed by atoms with van der Waals surface area (Å²) < 4.78 is 7.70. The Morgan fingerprint density at radius 2 is 2.44 bits per heavy atom. The second kappa shape index (κ2) is 6.34. The first-order valence-electron chi connectivity index (χ1n) is 7.01. The number of nitrogens with zero attached hydrogens (tertiary/aromatic N) is 2. The van der Waals surface area contributed by atoms with Crippen LogP contribution in [0, 0.1) is 5.41 Å². The highest BCUT2D eigenvalue weighted by Crippen LogP contribution is 2.33. The summed E-state index contributed by atoms with van der Waals surface area (Å²) in [7, 11) is 2.02. The summed E-state index contributed by atoms with van der Waals surface area (Å²) in [4.78, 5) is 0. The van der Waals surface area contributed by atoms with Gasteiger partial charge in [-0.25, -0.2) is 0 Å². The van der Waals surface area contributed by atoms with E-state index in [1.165, 1.54) is 25.0 Å². The summed E-state index contributed by atoms with van der Waals surface area (Å²) in [5.41, 5.74) is 1.63. The van der Waals surface area contributed by atoms with Gasteiger partial charge in [-0.1, -0.05) is 6.92 Å². The normalized spacial score (nSPS) is 24.3. The molecule has 0 aromatic carbocycles. The largest absolute Gasteiger partial charge is 0.381 e. The molecule has 1 aliphatic heterocycles. The molecule has 0 amide bonds. The zero-order valence-electron chi connectivity index (χ0n) is 11.6. The molecule has 0 spiro atoms. The highest BCUT2D eigenvalue weighted by Gasteiger charge is 2.32. The highest BCUT2D eigenvalue weighted by atomic mass is 16.5. The Kier molecular flexibility index (Phi) is 4.78. The summed E-state index contributed by atoms with van der Waals surface area (Å²) in [5, 5.41) is 7.74. The van der Waals surface area contributed by atoms with E-state index in [0.717, 1.165) is 32.7 Å². The molecule has 1 fully saturated rings. The average molecular weight is 251 g/mol. The van der Waals surface area contributed by atoms with Crippen LogP contribution in [0.2, 0.25) is 0 Å². The van der Waals surface area contributed by atoms with Crippen molar-refractivity contribution < 1.29 is 4.74 Å². The molecule has 2 heterocycles. The van der Waals surface area contributed by atoms with E-state index in [1.807, 2.05) is 17.9 Å². The van der Waals surface area contributed by atoms with Crippen molar-refractivity contribution in [3.63, 3.8) is 0 Å². The Labute approximate surface area is 110 Å². The number of aryl methyl sites for hydroxylation is 2. The SMILES string of the molecule is CCNCC1(CCc2ccnn2C)CCCOC1. The lowest BCUT2D eigenvalue weighted by molar-refractivity contribution is -0.0118. The molecule has 18 heavy (non-hydrogen) atoms. The summed E-state index contributed by atoms with van der Waals surface area (Å²) in [6.07, 6.45) is 6.61. The lowest BCUT2D eigenvalue weighted by atomic mass is 9.78. The van der Waals surface area contributed by atoms with Gasteiger partial charge in [0.05, 0.1) is 6.61 Å². The molecule has 1 unspecified atom stereocenters. The van der Waals surface area contributed by atoms with Crippen LogP contribution in [-0.4, -0.2) is 36.1 Å². The van der Waals surface area contributed by atoms with Gasteiger partial charge in [0.15, 0.2) is 0 Å². The van der Waals surface area contributed by atoms with Gasteiger partial charge in [0.25, 0.3) is 0 Å². The van der Waals surface area contributed by atoms with Gasteiger partial charge in [-0.15, -0.1) is 0 Å². The van der Waals surface area contributed by atoms with E-state index in [1.54, 1.807) is 0 Å². The number of nitrogens with one attached hydrogen (secondary N) is 1. The molecule has 0 bridgehead atoms. The van der Waals surface area contributed by atoms with Crippen molar-refractivity contribution >= 4 is 0 Å². The zero-order valence-corrected chi connectivity index (χ0v) is 11.6. The van der Waals surface area contributed by atoms with Crippen LogP contribution in [-0.2, 0) is 18.2 Å². The maximum atomic E-state index is 5.72.